The van der Waals surface area contributed by atoms with E-state index in [1.165, 1.54) is 36.0 Å². The molecule has 0 saturated carbocycles. The van der Waals surface area contributed by atoms with E-state index in [1.54, 1.807) is 0 Å². The summed E-state index contributed by atoms with van der Waals surface area (Å²) in [5, 5.41) is 0. The van der Waals surface area contributed by atoms with Crippen LogP contribution < -0.4 is 0 Å². The van der Waals surface area contributed by atoms with Gasteiger partial charge in [0, 0.05) is 10.5 Å². The minimum Gasteiger partial charge on any atom is -0.300 e. The Kier molecular flexibility index (Phi) is 4.63. The van der Waals surface area contributed by atoms with Gasteiger partial charge in [0.1, 0.15) is 0 Å². The van der Waals surface area contributed by atoms with Gasteiger partial charge in [0.15, 0.2) is 0 Å². The second-order valence-electron chi connectivity index (χ2n) is 5.36. The van der Waals surface area contributed by atoms with Crippen LogP contribution in [0, 0.1) is 5.92 Å². The molecule has 1 aromatic carbocycles. The van der Waals surface area contributed by atoms with Crippen molar-refractivity contribution in [2.75, 3.05) is 13.1 Å². The van der Waals surface area contributed by atoms with Crippen LogP contribution in [0.4, 0.5) is 0 Å². The van der Waals surface area contributed by atoms with Crippen molar-refractivity contribution in [1.82, 2.24) is 4.90 Å². The third kappa shape index (κ3) is 3.56. The Hall–Kier alpha value is -0.340. The molecule has 1 aromatic rings. The molecule has 94 valence electrons. The van der Waals surface area contributed by atoms with E-state index in [4.69, 9.17) is 0 Å². The first-order valence-corrected chi connectivity index (χ1v) is 7.43. The molecule has 0 radical (unpaired) electrons. The van der Waals surface area contributed by atoms with Crippen molar-refractivity contribution in [2.24, 2.45) is 5.92 Å². The Morgan fingerprint density at radius 1 is 1.29 bits per heavy atom. The first-order chi connectivity index (χ1) is 8.16. The predicted octanol–water partition coefficient (Wildman–Crippen LogP) is 4.11. The van der Waals surface area contributed by atoms with E-state index in [2.05, 4.69) is 58.9 Å². The molecule has 0 amide bonds. The number of hydrogen-bond acceptors (Lipinski definition) is 1. The van der Waals surface area contributed by atoms with Crippen LogP contribution in [-0.4, -0.2) is 24.0 Å². The molecule has 0 aliphatic carbocycles. The van der Waals surface area contributed by atoms with E-state index < -0.39 is 0 Å². The zero-order valence-corrected chi connectivity index (χ0v) is 12.4. The average molecular weight is 296 g/mol. The monoisotopic (exact) mass is 295 g/mol. The van der Waals surface area contributed by atoms with Crippen molar-refractivity contribution in [2.45, 2.75) is 39.2 Å². The van der Waals surface area contributed by atoms with E-state index >= 15 is 0 Å². The van der Waals surface area contributed by atoms with Crippen molar-refractivity contribution in [3.63, 3.8) is 0 Å². The maximum absolute atomic E-state index is 3.64. The number of halogens is 1. The topological polar surface area (TPSA) is 3.24 Å². The summed E-state index contributed by atoms with van der Waals surface area (Å²) in [7, 11) is 0. The van der Waals surface area contributed by atoms with Crippen molar-refractivity contribution < 1.29 is 0 Å². The van der Waals surface area contributed by atoms with Crippen molar-refractivity contribution in [1.29, 1.82) is 0 Å². The van der Waals surface area contributed by atoms with Crippen molar-refractivity contribution in [3.8, 4) is 0 Å². The van der Waals surface area contributed by atoms with Gasteiger partial charge in [-0.1, -0.05) is 41.1 Å². The van der Waals surface area contributed by atoms with Gasteiger partial charge in [-0.3, -0.25) is 0 Å². The number of benzene rings is 1. The predicted molar refractivity (Wildman–Crippen MR) is 77.3 cm³/mol. The number of rotatable bonds is 3. The first kappa shape index (κ1) is 13.1. The fourth-order valence-corrected chi connectivity index (χ4v) is 3.03. The van der Waals surface area contributed by atoms with E-state index in [1.807, 2.05) is 0 Å². The lowest BCUT2D eigenvalue weighted by Crippen LogP contribution is -2.40. The summed E-state index contributed by atoms with van der Waals surface area (Å²) in [6, 6.07) is 9.24. The van der Waals surface area contributed by atoms with E-state index in [9.17, 15) is 0 Å². The highest BCUT2D eigenvalue weighted by molar-refractivity contribution is 9.10. The zero-order chi connectivity index (χ0) is 12.3. The molecule has 0 bridgehead atoms. The minimum absolute atomic E-state index is 0.654. The highest BCUT2D eigenvalue weighted by atomic mass is 79.9. The summed E-state index contributed by atoms with van der Waals surface area (Å²) in [5.41, 5.74) is 1.43. The van der Waals surface area contributed by atoms with Crippen LogP contribution in [0.5, 0.6) is 0 Å². The second kappa shape index (κ2) is 6.01. The molecular formula is C15H22BrN. The molecule has 1 saturated heterocycles. The van der Waals surface area contributed by atoms with E-state index in [-0.39, 0.29) is 0 Å². The fraction of sp³-hybridized carbons (Fsp3) is 0.600. The fourth-order valence-electron chi connectivity index (χ4n) is 2.58. The number of nitrogens with zero attached hydrogens (tertiary/aromatic N) is 1. The molecule has 1 aliphatic rings. The van der Waals surface area contributed by atoms with Gasteiger partial charge in [-0.25, -0.2) is 0 Å². The standard InChI is InChI=1S/C15H22BrN/c1-12-7-9-17(10-8-12)13(2)11-14-5-3-4-6-15(14)16/h3-6,12-13H,7-11H2,1-2H3. The first-order valence-electron chi connectivity index (χ1n) is 6.64. The zero-order valence-electron chi connectivity index (χ0n) is 10.8. The quantitative estimate of drug-likeness (QED) is 0.811. The molecule has 1 atom stereocenters. The Morgan fingerprint density at radius 2 is 1.94 bits per heavy atom. The van der Waals surface area contributed by atoms with Crippen molar-refractivity contribution in [3.05, 3.63) is 34.3 Å². The van der Waals surface area contributed by atoms with Crippen LogP contribution in [-0.2, 0) is 6.42 Å². The third-order valence-corrected chi connectivity index (χ3v) is 4.69. The van der Waals surface area contributed by atoms with Crippen LogP contribution in [0.25, 0.3) is 0 Å². The second-order valence-corrected chi connectivity index (χ2v) is 6.22. The lowest BCUT2D eigenvalue weighted by Gasteiger charge is -2.35. The number of piperidine rings is 1. The molecule has 2 heteroatoms. The maximum atomic E-state index is 3.64. The smallest absolute Gasteiger partial charge is 0.0207 e. The molecule has 0 spiro atoms. The van der Waals surface area contributed by atoms with Crippen LogP contribution in [0.2, 0.25) is 0 Å². The summed E-state index contributed by atoms with van der Waals surface area (Å²) < 4.78 is 1.25. The van der Waals surface area contributed by atoms with Crippen LogP contribution in [0.15, 0.2) is 28.7 Å². The third-order valence-electron chi connectivity index (χ3n) is 3.91. The van der Waals surface area contributed by atoms with Gasteiger partial charge >= 0.3 is 0 Å². The van der Waals surface area contributed by atoms with Gasteiger partial charge in [0.05, 0.1) is 0 Å². The lowest BCUT2D eigenvalue weighted by atomic mass is 9.96. The Bertz CT molecular complexity index is 356. The summed E-state index contributed by atoms with van der Waals surface area (Å²) >= 11 is 3.64. The molecule has 0 N–H and O–H groups in total. The van der Waals surface area contributed by atoms with Crippen LogP contribution in [0.3, 0.4) is 0 Å². The van der Waals surface area contributed by atoms with Gasteiger partial charge in [-0.15, -0.1) is 0 Å². The maximum Gasteiger partial charge on any atom is 0.0207 e. The molecule has 1 aliphatic heterocycles. The molecule has 0 aromatic heterocycles. The van der Waals surface area contributed by atoms with E-state index in [0.29, 0.717) is 6.04 Å². The Labute approximate surface area is 113 Å². The molecule has 1 nitrogen and oxygen atoms in total. The Morgan fingerprint density at radius 3 is 2.59 bits per heavy atom. The lowest BCUT2D eigenvalue weighted by molar-refractivity contribution is 0.146. The molecule has 2 rings (SSSR count). The SMILES string of the molecule is CC1CCN(C(C)Cc2ccccc2Br)CC1. The summed E-state index contributed by atoms with van der Waals surface area (Å²) in [5.74, 6) is 0.918. The van der Waals surface area contributed by atoms with Gasteiger partial charge in [-0.05, 0) is 56.8 Å². The summed E-state index contributed by atoms with van der Waals surface area (Å²) in [6.07, 6.45) is 3.87. The number of hydrogen-bond donors (Lipinski definition) is 0. The molecule has 1 fully saturated rings. The highest BCUT2D eigenvalue weighted by Gasteiger charge is 2.20. The molecular weight excluding hydrogens is 274 g/mol. The molecule has 1 heterocycles. The molecule has 1 unspecified atom stereocenters. The van der Waals surface area contributed by atoms with Crippen LogP contribution in [0.1, 0.15) is 32.3 Å². The van der Waals surface area contributed by atoms with E-state index in [0.717, 1.165) is 12.3 Å². The van der Waals surface area contributed by atoms with Crippen LogP contribution >= 0.6 is 15.9 Å². The minimum atomic E-state index is 0.654. The van der Waals surface area contributed by atoms with Gasteiger partial charge in [0.25, 0.3) is 0 Å². The van der Waals surface area contributed by atoms with Crippen molar-refractivity contribution >= 4 is 15.9 Å². The average Bonchev–Trinajstić information content (AvgIpc) is 2.33. The largest absolute Gasteiger partial charge is 0.300 e. The van der Waals surface area contributed by atoms with Gasteiger partial charge in [-0.2, -0.15) is 0 Å². The highest BCUT2D eigenvalue weighted by Crippen LogP contribution is 2.22. The van der Waals surface area contributed by atoms with Gasteiger partial charge < -0.3 is 4.90 Å². The van der Waals surface area contributed by atoms with Gasteiger partial charge in [0.2, 0.25) is 0 Å². The number of likely N-dealkylation sites (tertiary alicyclic amines) is 1. The summed E-state index contributed by atoms with van der Waals surface area (Å²) in [4.78, 5) is 2.64. The normalized spacial score (nSPS) is 20.4. The summed E-state index contributed by atoms with van der Waals surface area (Å²) in [6.45, 7) is 7.27. The molecule has 17 heavy (non-hydrogen) atoms. The Balaban J connectivity index is 1.93.